The van der Waals surface area contributed by atoms with Crippen LogP contribution in [0.25, 0.3) is 0 Å². The minimum Gasteiger partial charge on any atom is -0.479 e. The van der Waals surface area contributed by atoms with Crippen LogP contribution in [0.4, 0.5) is 5.69 Å². The summed E-state index contributed by atoms with van der Waals surface area (Å²) in [4.78, 5) is 6.23. The summed E-state index contributed by atoms with van der Waals surface area (Å²) < 4.78 is 5.27. The molecular weight excluding hydrogens is 312 g/mol. The number of rotatable bonds is 5. The third kappa shape index (κ3) is 5.57. The van der Waals surface area contributed by atoms with E-state index in [2.05, 4.69) is 28.8 Å². The van der Waals surface area contributed by atoms with Crippen LogP contribution in [0.1, 0.15) is 26.3 Å². The Morgan fingerprint density at radius 3 is 2.52 bits per heavy atom. The summed E-state index contributed by atoms with van der Waals surface area (Å²) >= 11 is 0. The average Bonchev–Trinajstić information content (AvgIpc) is 2.61. The predicted octanol–water partition coefficient (Wildman–Crippen LogP) is 4.70. The lowest BCUT2D eigenvalue weighted by Crippen LogP contribution is -2.28. The molecule has 1 aromatic carbocycles. The number of hydrogen-bond donors (Lipinski definition) is 2. The maximum Gasteiger partial charge on any atom is 0.239 e. The van der Waals surface area contributed by atoms with Crippen LogP contribution in [0.5, 0.6) is 0 Å². The molecule has 25 heavy (non-hydrogen) atoms. The van der Waals surface area contributed by atoms with Crippen LogP contribution in [-0.2, 0) is 4.74 Å². The summed E-state index contributed by atoms with van der Waals surface area (Å²) in [5.74, 6) is 1.69. The lowest BCUT2D eigenvalue weighted by molar-refractivity contribution is 0.387. The molecule has 0 unspecified atom stereocenters. The Balaban J connectivity index is 0.00000151. The topological polar surface area (TPSA) is 48.9 Å². The highest BCUT2D eigenvalue weighted by Crippen LogP contribution is 2.18. The van der Waals surface area contributed by atoms with Gasteiger partial charge in [-0.25, -0.2) is 0 Å². The van der Waals surface area contributed by atoms with Gasteiger partial charge in [-0.1, -0.05) is 51.3 Å². The van der Waals surface area contributed by atoms with Gasteiger partial charge in [-0.05, 0) is 25.5 Å². The van der Waals surface area contributed by atoms with E-state index in [1.807, 2.05) is 75.3 Å². The van der Waals surface area contributed by atoms with Crippen LogP contribution in [-0.4, -0.2) is 17.9 Å². The number of aryl methyl sites for hydroxylation is 1. The van der Waals surface area contributed by atoms with Gasteiger partial charge in [0.15, 0.2) is 5.82 Å². The number of allylic oxidation sites excluding steroid dienone is 1. The van der Waals surface area contributed by atoms with Gasteiger partial charge in [-0.3, -0.25) is 0 Å². The molecule has 2 rings (SSSR count). The molecule has 134 valence electrons. The van der Waals surface area contributed by atoms with E-state index < -0.39 is 0 Å². The van der Waals surface area contributed by atoms with E-state index in [1.165, 1.54) is 0 Å². The zero-order valence-electron chi connectivity index (χ0n) is 15.8. The molecule has 0 aliphatic carbocycles. The van der Waals surface area contributed by atoms with Crippen molar-refractivity contribution < 1.29 is 4.74 Å². The molecule has 1 heterocycles. The van der Waals surface area contributed by atoms with Gasteiger partial charge in [0.2, 0.25) is 5.90 Å². The summed E-state index contributed by atoms with van der Waals surface area (Å²) in [7, 11) is 1.57. The highest BCUT2D eigenvalue weighted by atomic mass is 16.5. The van der Waals surface area contributed by atoms with E-state index in [0.29, 0.717) is 23.2 Å². The standard InChI is InChI=1S/C18H22N4O.C2H6/c1-6-11-22-12-17(21-18(23-5)14(22)3)20-15(4)19-16-10-8-7-9-13(16)2;1-2/h6-12,19-20H,3-4H2,1-2,5H3;1-2H3/b11-6-;. The fourth-order valence-corrected chi connectivity index (χ4v) is 2.10. The molecule has 1 aromatic rings. The molecule has 0 bridgehead atoms. The van der Waals surface area contributed by atoms with E-state index in [9.17, 15) is 0 Å². The second-order valence-corrected chi connectivity index (χ2v) is 5.02. The summed E-state index contributed by atoms with van der Waals surface area (Å²) in [6, 6.07) is 8.00. The third-order valence-electron chi connectivity index (χ3n) is 3.25. The Morgan fingerprint density at radius 1 is 1.24 bits per heavy atom. The van der Waals surface area contributed by atoms with Crippen molar-refractivity contribution in [2.24, 2.45) is 4.99 Å². The Labute approximate surface area is 151 Å². The molecule has 1 aliphatic heterocycles. The smallest absolute Gasteiger partial charge is 0.239 e. The first kappa shape index (κ1) is 20.1. The van der Waals surface area contributed by atoms with Crippen molar-refractivity contribution in [3.63, 3.8) is 0 Å². The quantitative estimate of drug-likeness (QED) is 0.815. The first-order chi connectivity index (χ1) is 12.0. The average molecular weight is 340 g/mol. The molecule has 2 N–H and O–H groups in total. The van der Waals surface area contributed by atoms with Crippen LogP contribution in [0.3, 0.4) is 0 Å². The molecule has 0 spiro atoms. The number of anilines is 1. The second kappa shape index (κ2) is 10.0. The van der Waals surface area contributed by atoms with Gasteiger partial charge in [0.05, 0.1) is 13.3 Å². The Bertz CT molecular complexity index is 701. The molecule has 0 saturated carbocycles. The molecule has 0 saturated heterocycles. The van der Waals surface area contributed by atoms with Gasteiger partial charge in [0.1, 0.15) is 11.5 Å². The number of nitrogens with zero attached hydrogens (tertiary/aromatic N) is 2. The number of para-hydroxylation sites is 1. The van der Waals surface area contributed by atoms with Crippen LogP contribution in [0, 0.1) is 6.92 Å². The summed E-state index contributed by atoms with van der Waals surface area (Å²) in [6.07, 6.45) is 5.63. The maximum atomic E-state index is 5.27. The number of benzene rings is 1. The summed E-state index contributed by atoms with van der Waals surface area (Å²) in [5.41, 5.74) is 2.80. The lowest BCUT2D eigenvalue weighted by Gasteiger charge is -2.25. The van der Waals surface area contributed by atoms with E-state index in [0.717, 1.165) is 11.3 Å². The number of aliphatic imine (C=N–C) groups is 1. The predicted molar refractivity (Wildman–Crippen MR) is 107 cm³/mol. The molecule has 0 radical (unpaired) electrons. The van der Waals surface area contributed by atoms with Crippen molar-refractivity contribution in [3.05, 3.63) is 78.8 Å². The third-order valence-corrected chi connectivity index (χ3v) is 3.25. The number of methoxy groups -OCH3 is 1. The number of ether oxygens (including phenoxy) is 1. The minimum atomic E-state index is 0.455. The monoisotopic (exact) mass is 340 g/mol. The molecule has 0 amide bonds. The highest BCUT2D eigenvalue weighted by molar-refractivity contribution is 5.94. The lowest BCUT2D eigenvalue weighted by atomic mass is 10.2. The van der Waals surface area contributed by atoms with Gasteiger partial charge < -0.3 is 20.3 Å². The van der Waals surface area contributed by atoms with Gasteiger partial charge in [0, 0.05) is 11.9 Å². The Kier molecular flexibility index (Phi) is 8.06. The van der Waals surface area contributed by atoms with Crippen molar-refractivity contribution in [2.75, 3.05) is 12.4 Å². The van der Waals surface area contributed by atoms with Crippen molar-refractivity contribution in [2.45, 2.75) is 27.7 Å². The molecule has 0 fully saturated rings. The van der Waals surface area contributed by atoms with Crippen molar-refractivity contribution in [1.29, 1.82) is 0 Å². The van der Waals surface area contributed by atoms with Crippen molar-refractivity contribution in [1.82, 2.24) is 10.2 Å². The van der Waals surface area contributed by atoms with Crippen molar-refractivity contribution in [3.8, 4) is 0 Å². The van der Waals surface area contributed by atoms with E-state index in [1.54, 1.807) is 7.11 Å². The van der Waals surface area contributed by atoms with Gasteiger partial charge in [-0.2, -0.15) is 4.99 Å². The van der Waals surface area contributed by atoms with Crippen molar-refractivity contribution >= 4 is 11.6 Å². The van der Waals surface area contributed by atoms with Crippen LogP contribution >= 0.6 is 0 Å². The molecule has 0 atom stereocenters. The van der Waals surface area contributed by atoms with E-state index in [-0.39, 0.29) is 0 Å². The van der Waals surface area contributed by atoms with Gasteiger partial charge >= 0.3 is 0 Å². The molecule has 1 aliphatic rings. The Hall–Kier alpha value is -2.95. The first-order valence-electron chi connectivity index (χ1n) is 8.28. The van der Waals surface area contributed by atoms with Crippen LogP contribution < -0.4 is 10.6 Å². The molecule has 5 nitrogen and oxygen atoms in total. The zero-order valence-corrected chi connectivity index (χ0v) is 15.8. The molecule has 0 aromatic heterocycles. The van der Waals surface area contributed by atoms with Gasteiger partial charge in [-0.15, -0.1) is 0 Å². The zero-order chi connectivity index (χ0) is 18.8. The molecule has 5 heteroatoms. The maximum absolute atomic E-state index is 5.27. The van der Waals surface area contributed by atoms with Crippen LogP contribution in [0.2, 0.25) is 0 Å². The van der Waals surface area contributed by atoms with Gasteiger partial charge in [0.25, 0.3) is 0 Å². The summed E-state index contributed by atoms with van der Waals surface area (Å²) in [5, 5.41) is 6.37. The largest absolute Gasteiger partial charge is 0.479 e. The van der Waals surface area contributed by atoms with E-state index >= 15 is 0 Å². The number of nitrogens with one attached hydrogen (secondary N) is 2. The second-order valence-electron chi connectivity index (χ2n) is 5.02. The fraction of sp³-hybridized carbons (Fsp3) is 0.250. The highest BCUT2D eigenvalue weighted by Gasteiger charge is 2.17. The van der Waals surface area contributed by atoms with E-state index in [4.69, 9.17) is 4.74 Å². The first-order valence-corrected chi connectivity index (χ1v) is 8.28. The number of hydrogen-bond acceptors (Lipinski definition) is 5. The normalized spacial score (nSPS) is 13.5. The summed E-state index contributed by atoms with van der Waals surface area (Å²) in [6.45, 7) is 15.9. The fourth-order valence-electron chi connectivity index (χ4n) is 2.10. The molecular formula is C20H28N4O. The SMILES string of the molecule is C=C(NC1=CN(/C=C\C)C(=C)C(OC)=N1)Nc1ccccc1C.CC. The Morgan fingerprint density at radius 2 is 1.92 bits per heavy atom. The minimum absolute atomic E-state index is 0.455. The van der Waals surface area contributed by atoms with Crippen LogP contribution in [0.15, 0.2) is 78.2 Å².